The van der Waals surface area contributed by atoms with Gasteiger partial charge in [0.1, 0.15) is 16.3 Å². The maximum absolute atomic E-state index is 13.0. The number of carbonyl (C=O) groups is 1. The van der Waals surface area contributed by atoms with Crippen LogP contribution >= 0.6 is 11.6 Å². The van der Waals surface area contributed by atoms with E-state index in [0.717, 1.165) is 32.1 Å². The molecule has 0 radical (unpaired) electrons. The number of esters is 1. The Labute approximate surface area is 159 Å². The lowest BCUT2D eigenvalue weighted by atomic mass is 9.85. The van der Waals surface area contributed by atoms with Crippen LogP contribution < -0.4 is 0 Å². The number of nitrogens with zero attached hydrogens (tertiary/aromatic N) is 2. The first kappa shape index (κ1) is 17.6. The third-order valence-corrected chi connectivity index (χ3v) is 6.65. The summed E-state index contributed by atoms with van der Waals surface area (Å²) in [5.41, 5.74) is 3.68. The van der Waals surface area contributed by atoms with E-state index in [1.165, 1.54) is 27.6 Å². The van der Waals surface area contributed by atoms with Gasteiger partial charge in [0.2, 0.25) is 0 Å². The monoisotopic (exact) mass is 372 g/mol. The summed E-state index contributed by atoms with van der Waals surface area (Å²) in [7, 11) is 1.72. The van der Waals surface area contributed by atoms with Crippen molar-refractivity contribution in [3.63, 3.8) is 0 Å². The van der Waals surface area contributed by atoms with Gasteiger partial charge in [-0.05, 0) is 43.2 Å². The van der Waals surface area contributed by atoms with Crippen molar-refractivity contribution in [2.24, 2.45) is 13.0 Å². The minimum atomic E-state index is -0.515. The predicted octanol–water partition coefficient (Wildman–Crippen LogP) is 5.13. The average molecular weight is 373 g/mol. The maximum Gasteiger partial charge on any atom is 0.343 e. The van der Waals surface area contributed by atoms with E-state index < -0.39 is 5.60 Å². The Balaban J connectivity index is 1.73. The van der Waals surface area contributed by atoms with Crippen LogP contribution in [-0.4, -0.2) is 15.7 Å². The first-order chi connectivity index (χ1) is 12.5. The fourth-order valence-electron chi connectivity index (χ4n) is 4.98. The van der Waals surface area contributed by atoms with Crippen LogP contribution in [0.15, 0.2) is 24.4 Å². The number of rotatable bonds is 5. The van der Waals surface area contributed by atoms with Crippen molar-refractivity contribution in [3.05, 3.63) is 51.8 Å². The number of halogens is 1. The van der Waals surface area contributed by atoms with Crippen LogP contribution in [0.2, 0.25) is 5.15 Å². The first-order valence-electron chi connectivity index (χ1n) is 9.49. The second-order valence-corrected chi connectivity index (χ2v) is 8.09. The van der Waals surface area contributed by atoms with Gasteiger partial charge >= 0.3 is 5.97 Å². The molecule has 138 valence electrons. The zero-order valence-electron chi connectivity index (χ0n) is 15.6. The maximum atomic E-state index is 13.0. The fourth-order valence-corrected chi connectivity index (χ4v) is 5.15. The minimum absolute atomic E-state index is 0.327. The molecule has 26 heavy (non-hydrogen) atoms. The summed E-state index contributed by atoms with van der Waals surface area (Å²) in [6, 6.07) is 6.58. The molecule has 0 amide bonds. The highest BCUT2D eigenvalue weighted by molar-refractivity contribution is 6.32. The summed E-state index contributed by atoms with van der Waals surface area (Å²) in [6.45, 7) is 4.34. The van der Waals surface area contributed by atoms with E-state index in [1.807, 2.05) is 0 Å². The molecule has 2 aliphatic rings. The molecule has 4 rings (SSSR count). The molecule has 2 bridgehead atoms. The molecule has 0 aliphatic heterocycles. The minimum Gasteiger partial charge on any atom is -0.450 e. The zero-order valence-corrected chi connectivity index (χ0v) is 16.3. The number of benzene rings is 1. The van der Waals surface area contributed by atoms with Gasteiger partial charge in [0.25, 0.3) is 0 Å². The third-order valence-electron chi connectivity index (χ3n) is 6.20. The molecule has 1 fully saturated rings. The average Bonchev–Trinajstić information content (AvgIpc) is 3.21. The number of hydrogen-bond acceptors (Lipinski definition) is 3. The summed E-state index contributed by atoms with van der Waals surface area (Å²) in [5.74, 6) is 0.492. The normalized spacial score (nSPS) is 26.2. The van der Waals surface area contributed by atoms with E-state index in [2.05, 4.69) is 37.1 Å². The Morgan fingerprint density at radius 3 is 2.96 bits per heavy atom. The van der Waals surface area contributed by atoms with Crippen LogP contribution in [0.25, 0.3) is 0 Å². The fraction of sp³-hybridized carbons (Fsp3) is 0.524. The van der Waals surface area contributed by atoms with Gasteiger partial charge in [-0.1, -0.05) is 55.1 Å². The van der Waals surface area contributed by atoms with Crippen LogP contribution in [0.4, 0.5) is 0 Å². The number of carbonyl (C=O) groups excluding carboxylic acids is 1. The molecule has 0 spiro atoms. The van der Waals surface area contributed by atoms with Crippen LogP contribution in [0.1, 0.15) is 72.0 Å². The molecule has 0 N–H and O–H groups in total. The quantitative estimate of drug-likeness (QED) is 0.683. The standard InChI is InChI=1S/C21H25ClN2O2/c1-4-5-6-17-14-9-10-21(17,18-8-7-13(2)11-15(14)18)26-20(25)16-12-23-24(3)19(16)22/h7-8,11-12,14,17H,4-6,9-10H2,1-3H3. The van der Waals surface area contributed by atoms with Gasteiger partial charge in [-0.3, -0.25) is 4.68 Å². The molecular weight excluding hydrogens is 348 g/mol. The van der Waals surface area contributed by atoms with Gasteiger partial charge in [0.05, 0.1) is 6.20 Å². The highest BCUT2D eigenvalue weighted by atomic mass is 35.5. The Hall–Kier alpha value is -1.81. The number of fused-ring (bicyclic) bond motifs is 5. The van der Waals surface area contributed by atoms with Gasteiger partial charge in [-0.25, -0.2) is 4.79 Å². The van der Waals surface area contributed by atoms with Gasteiger partial charge < -0.3 is 4.74 Å². The van der Waals surface area contributed by atoms with Crippen molar-refractivity contribution in [2.45, 2.75) is 57.5 Å². The number of unbranched alkanes of at least 4 members (excludes halogenated alkanes) is 1. The molecule has 1 saturated carbocycles. The largest absolute Gasteiger partial charge is 0.450 e. The molecule has 0 saturated heterocycles. The molecule has 1 aromatic carbocycles. The molecule has 2 aromatic rings. The molecule has 2 aliphatic carbocycles. The van der Waals surface area contributed by atoms with Crippen LogP contribution in [0.3, 0.4) is 0 Å². The van der Waals surface area contributed by atoms with Gasteiger partial charge in [-0.15, -0.1) is 0 Å². The van der Waals surface area contributed by atoms with E-state index in [0.29, 0.717) is 22.6 Å². The second-order valence-electron chi connectivity index (χ2n) is 7.74. The lowest BCUT2D eigenvalue weighted by Crippen LogP contribution is -2.34. The van der Waals surface area contributed by atoms with Crippen LogP contribution in [0.5, 0.6) is 0 Å². The molecule has 3 unspecified atom stereocenters. The SMILES string of the molecule is CCCCC1C2CCC1(OC(=O)c1cnn(C)c1Cl)c1ccc(C)cc12. The second kappa shape index (κ2) is 6.41. The third kappa shape index (κ3) is 2.50. The predicted molar refractivity (Wildman–Crippen MR) is 101 cm³/mol. The Bertz CT molecular complexity index is 860. The Morgan fingerprint density at radius 1 is 1.46 bits per heavy atom. The highest BCUT2D eigenvalue weighted by Gasteiger charge is 2.59. The summed E-state index contributed by atoms with van der Waals surface area (Å²) in [5, 5.41) is 4.41. The molecule has 4 nitrogen and oxygen atoms in total. The Morgan fingerprint density at radius 2 is 2.27 bits per heavy atom. The Kier molecular flexibility index (Phi) is 4.34. The van der Waals surface area contributed by atoms with Crippen LogP contribution in [-0.2, 0) is 17.4 Å². The molecule has 1 heterocycles. The van der Waals surface area contributed by atoms with E-state index in [9.17, 15) is 4.79 Å². The number of hydrogen-bond donors (Lipinski definition) is 0. The number of aromatic nitrogens is 2. The van der Waals surface area contributed by atoms with Crippen molar-refractivity contribution in [1.29, 1.82) is 0 Å². The van der Waals surface area contributed by atoms with Crippen molar-refractivity contribution in [2.75, 3.05) is 0 Å². The zero-order chi connectivity index (χ0) is 18.5. The summed E-state index contributed by atoms with van der Waals surface area (Å²) >= 11 is 6.23. The van der Waals surface area contributed by atoms with Crippen molar-refractivity contribution in [3.8, 4) is 0 Å². The van der Waals surface area contributed by atoms with Gasteiger partial charge in [0, 0.05) is 13.0 Å². The number of aryl methyl sites for hydroxylation is 2. The summed E-state index contributed by atoms with van der Waals surface area (Å²) < 4.78 is 7.76. The first-order valence-corrected chi connectivity index (χ1v) is 9.87. The summed E-state index contributed by atoms with van der Waals surface area (Å²) in [6.07, 6.45) is 6.87. The smallest absolute Gasteiger partial charge is 0.343 e. The topological polar surface area (TPSA) is 44.1 Å². The van der Waals surface area contributed by atoms with Crippen molar-refractivity contribution in [1.82, 2.24) is 9.78 Å². The van der Waals surface area contributed by atoms with Gasteiger partial charge in [-0.2, -0.15) is 5.10 Å². The molecule has 1 aromatic heterocycles. The van der Waals surface area contributed by atoms with Crippen molar-refractivity contribution >= 4 is 17.6 Å². The molecule has 3 atom stereocenters. The molecular formula is C21H25ClN2O2. The number of ether oxygens (including phenoxy) is 1. The molecule has 5 heteroatoms. The van der Waals surface area contributed by atoms with Gasteiger partial charge in [0.15, 0.2) is 0 Å². The van der Waals surface area contributed by atoms with E-state index >= 15 is 0 Å². The highest BCUT2D eigenvalue weighted by Crippen LogP contribution is 2.63. The van der Waals surface area contributed by atoms with E-state index in [4.69, 9.17) is 16.3 Å². The lowest BCUT2D eigenvalue weighted by Gasteiger charge is -2.33. The van der Waals surface area contributed by atoms with E-state index in [-0.39, 0.29) is 5.97 Å². The van der Waals surface area contributed by atoms with Crippen LogP contribution in [0, 0.1) is 12.8 Å². The summed E-state index contributed by atoms with van der Waals surface area (Å²) in [4.78, 5) is 13.0. The van der Waals surface area contributed by atoms with E-state index in [1.54, 1.807) is 7.05 Å². The van der Waals surface area contributed by atoms with Crippen molar-refractivity contribution < 1.29 is 9.53 Å². The lowest BCUT2D eigenvalue weighted by molar-refractivity contribution is -0.0413.